The zero-order valence-corrected chi connectivity index (χ0v) is 18.4. The van der Waals surface area contributed by atoms with Crippen LogP contribution in [0.15, 0.2) is 24.3 Å². The number of hydrogen-bond donors (Lipinski definition) is 0. The first-order valence-electron chi connectivity index (χ1n) is 10.6. The number of benzene rings is 1. The first-order chi connectivity index (χ1) is 14.4. The minimum atomic E-state index is 0.111. The van der Waals surface area contributed by atoms with Gasteiger partial charge in [-0.15, -0.1) is 0 Å². The predicted molar refractivity (Wildman–Crippen MR) is 118 cm³/mol. The second kappa shape index (κ2) is 8.68. The quantitative estimate of drug-likeness (QED) is 0.733. The highest BCUT2D eigenvalue weighted by atomic mass is 35.5. The number of hydrogen-bond acceptors (Lipinski definition) is 4. The van der Waals surface area contributed by atoms with Crippen LogP contribution in [0.5, 0.6) is 0 Å². The molecule has 0 unspecified atom stereocenters. The molecule has 1 saturated heterocycles. The van der Waals surface area contributed by atoms with Crippen LogP contribution in [-0.2, 0) is 16.1 Å². The smallest absolute Gasteiger partial charge is 0.229 e. The molecule has 2 amide bonds. The zero-order chi connectivity index (χ0) is 21.3. The molecule has 0 atom stereocenters. The summed E-state index contributed by atoms with van der Waals surface area (Å²) < 4.78 is 1.88. The minimum absolute atomic E-state index is 0.111. The van der Waals surface area contributed by atoms with Gasteiger partial charge in [-0.1, -0.05) is 17.7 Å². The number of halogens is 1. The van der Waals surface area contributed by atoms with Crippen LogP contribution in [0.1, 0.15) is 30.5 Å². The van der Waals surface area contributed by atoms with Gasteiger partial charge in [-0.05, 0) is 38.0 Å². The number of piperazine rings is 1. The number of aromatic nitrogens is 2. The molecule has 1 fully saturated rings. The van der Waals surface area contributed by atoms with Gasteiger partial charge in [0.15, 0.2) is 0 Å². The third-order valence-electron chi connectivity index (χ3n) is 5.91. The van der Waals surface area contributed by atoms with Gasteiger partial charge in [0, 0.05) is 62.3 Å². The molecular formula is C22H28ClN5O2. The van der Waals surface area contributed by atoms with Crippen LogP contribution in [0, 0.1) is 13.8 Å². The Labute approximate surface area is 182 Å². The molecule has 3 heterocycles. The molecular weight excluding hydrogens is 402 g/mol. The van der Waals surface area contributed by atoms with Gasteiger partial charge in [-0.3, -0.25) is 14.5 Å². The Hall–Kier alpha value is -2.54. The number of amides is 2. The average Bonchev–Trinajstić information content (AvgIpc) is 3.12. The van der Waals surface area contributed by atoms with E-state index in [0.717, 1.165) is 35.3 Å². The Balaban J connectivity index is 1.28. The number of rotatable bonds is 5. The summed E-state index contributed by atoms with van der Waals surface area (Å²) in [5.74, 6) is 1.12. The van der Waals surface area contributed by atoms with Crippen molar-refractivity contribution in [1.82, 2.24) is 14.7 Å². The van der Waals surface area contributed by atoms with E-state index in [-0.39, 0.29) is 11.8 Å². The van der Waals surface area contributed by atoms with Gasteiger partial charge >= 0.3 is 0 Å². The molecule has 2 aliphatic heterocycles. The molecule has 8 heteroatoms. The number of aryl methyl sites for hydroxylation is 3. The molecule has 0 bridgehead atoms. The topological polar surface area (TPSA) is 61.7 Å². The number of carbonyl (C=O) groups is 2. The summed E-state index contributed by atoms with van der Waals surface area (Å²) in [5.41, 5.74) is 3.25. The summed E-state index contributed by atoms with van der Waals surface area (Å²) in [6.07, 6.45) is 1.57. The van der Waals surface area contributed by atoms with Crippen LogP contribution in [0.3, 0.4) is 0 Å². The summed E-state index contributed by atoms with van der Waals surface area (Å²) in [5, 5.41) is 5.16. The standard InChI is InChI=1S/C22H28ClN5O2/c1-16-5-6-18(23)15-19(16)25-10-12-26(13-11-25)21(29)4-3-8-27-20-14-17(2)24-28(20)9-7-22(27)30/h5-6,14-15H,3-4,7-13H2,1-2H3. The molecule has 2 aliphatic rings. The Bertz CT molecular complexity index is 949. The van der Waals surface area contributed by atoms with E-state index in [1.165, 1.54) is 5.56 Å². The van der Waals surface area contributed by atoms with Crippen molar-refractivity contribution < 1.29 is 9.59 Å². The fourth-order valence-electron chi connectivity index (χ4n) is 4.28. The minimum Gasteiger partial charge on any atom is -0.368 e. The van der Waals surface area contributed by atoms with Crippen molar-refractivity contribution in [2.45, 2.75) is 39.7 Å². The normalized spacial score (nSPS) is 16.8. The van der Waals surface area contributed by atoms with Crippen LogP contribution in [0.4, 0.5) is 11.5 Å². The zero-order valence-electron chi connectivity index (χ0n) is 17.6. The van der Waals surface area contributed by atoms with Crippen LogP contribution in [0.2, 0.25) is 5.02 Å². The molecule has 1 aromatic heterocycles. The molecule has 0 spiro atoms. The van der Waals surface area contributed by atoms with Gasteiger partial charge < -0.3 is 9.80 Å². The Morgan fingerprint density at radius 1 is 1.10 bits per heavy atom. The summed E-state index contributed by atoms with van der Waals surface area (Å²) in [6, 6.07) is 7.87. The van der Waals surface area contributed by atoms with Crippen molar-refractivity contribution in [3.63, 3.8) is 0 Å². The Morgan fingerprint density at radius 2 is 1.87 bits per heavy atom. The molecule has 0 saturated carbocycles. The molecule has 1 aromatic carbocycles. The Morgan fingerprint density at radius 3 is 2.63 bits per heavy atom. The predicted octanol–water partition coefficient (Wildman–Crippen LogP) is 3.02. The van der Waals surface area contributed by atoms with Gasteiger partial charge in [-0.2, -0.15) is 5.10 Å². The van der Waals surface area contributed by atoms with Gasteiger partial charge in [0.2, 0.25) is 11.8 Å². The van der Waals surface area contributed by atoms with Gasteiger partial charge in [0.25, 0.3) is 0 Å². The number of anilines is 2. The van der Waals surface area contributed by atoms with Crippen LogP contribution < -0.4 is 9.80 Å². The lowest BCUT2D eigenvalue weighted by Gasteiger charge is -2.37. The third-order valence-corrected chi connectivity index (χ3v) is 6.15. The van der Waals surface area contributed by atoms with E-state index < -0.39 is 0 Å². The third kappa shape index (κ3) is 4.31. The summed E-state index contributed by atoms with van der Waals surface area (Å²) in [7, 11) is 0. The highest BCUT2D eigenvalue weighted by Gasteiger charge is 2.26. The summed E-state index contributed by atoms with van der Waals surface area (Å²) in [4.78, 5) is 31.0. The van der Waals surface area contributed by atoms with Crippen LogP contribution in [0.25, 0.3) is 0 Å². The van der Waals surface area contributed by atoms with E-state index in [9.17, 15) is 9.59 Å². The molecule has 4 rings (SSSR count). The van der Waals surface area contributed by atoms with Gasteiger partial charge in [0.05, 0.1) is 12.2 Å². The van der Waals surface area contributed by atoms with Crippen molar-refractivity contribution in [3.8, 4) is 0 Å². The maximum Gasteiger partial charge on any atom is 0.229 e. The van der Waals surface area contributed by atoms with Crippen molar-refractivity contribution in [1.29, 1.82) is 0 Å². The first kappa shape index (κ1) is 20.7. The first-order valence-corrected chi connectivity index (χ1v) is 10.9. The summed E-state index contributed by atoms with van der Waals surface area (Å²) >= 11 is 6.16. The molecule has 30 heavy (non-hydrogen) atoms. The van der Waals surface area contributed by atoms with Gasteiger partial charge in [-0.25, -0.2) is 4.68 Å². The lowest BCUT2D eigenvalue weighted by molar-refractivity contribution is -0.131. The van der Waals surface area contributed by atoms with Crippen LogP contribution >= 0.6 is 11.6 Å². The van der Waals surface area contributed by atoms with E-state index in [0.29, 0.717) is 45.4 Å². The largest absolute Gasteiger partial charge is 0.368 e. The monoisotopic (exact) mass is 429 g/mol. The number of nitrogens with zero attached hydrogens (tertiary/aromatic N) is 5. The second-order valence-electron chi connectivity index (χ2n) is 8.06. The lowest BCUT2D eigenvalue weighted by Crippen LogP contribution is -2.49. The van der Waals surface area contributed by atoms with E-state index in [2.05, 4.69) is 16.9 Å². The molecule has 7 nitrogen and oxygen atoms in total. The molecule has 0 aliphatic carbocycles. The maximum atomic E-state index is 12.7. The fraction of sp³-hybridized carbons (Fsp3) is 0.500. The van der Waals surface area contributed by atoms with E-state index >= 15 is 0 Å². The SMILES string of the molecule is Cc1cc2n(n1)CCC(=O)N2CCCC(=O)N1CCN(c2cc(Cl)ccc2C)CC1. The fourth-order valence-corrected chi connectivity index (χ4v) is 4.45. The number of fused-ring (bicyclic) bond motifs is 1. The van der Waals surface area contributed by atoms with Gasteiger partial charge in [0.1, 0.15) is 5.82 Å². The van der Waals surface area contributed by atoms with E-state index in [1.807, 2.05) is 40.8 Å². The average molecular weight is 430 g/mol. The van der Waals surface area contributed by atoms with Crippen molar-refractivity contribution in [3.05, 3.63) is 40.5 Å². The lowest BCUT2D eigenvalue weighted by atomic mass is 10.1. The van der Waals surface area contributed by atoms with Crippen LogP contribution in [-0.4, -0.2) is 59.2 Å². The van der Waals surface area contributed by atoms with E-state index in [1.54, 1.807) is 4.90 Å². The van der Waals surface area contributed by atoms with Crippen molar-refractivity contribution >= 4 is 34.9 Å². The summed E-state index contributed by atoms with van der Waals surface area (Å²) in [6.45, 7) is 8.22. The highest BCUT2D eigenvalue weighted by Crippen LogP contribution is 2.26. The molecule has 0 radical (unpaired) electrons. The van der Waals surface area contributed by atoms with E-state index in [4.69, 9.17) is 11.6 Å². The second-order valence-corrected chi connectivity index (χ2v) is 8.50. The molecule has 2 aromatic rings. The maximum absolute atomic E-state index is 12.7. The number of carbonyl (C=O) groups excluding carboxylic acids is 2. The molecule has 0 N–H and O–H groups in total. The highest BCUT2D eigenvalue weighted by molar-refractivity contribution is 6.30. The van der Waals surface area contributed by atoms with Crippen molar-refractivity contribution in [2.75, 3.05) is 42.5 Å². The van der Waals surface area contributed by atoms with Crippen molar-refractivity contribution in [2.24, 2.45) is 0 Å². The Kier molecular flexibility index (Phi) is 5.99. The molecule has 160 valence electrons.